The largest absolute Gasteiger partial charge is 0.487 e. The number of fused-ring (bicyclic) bond motifs is 1. The molecule has 3 aromatic rings. The third-order valence-corrected chi connectivity index (χ3v) is 3.92. The van der Waals surface area contributed by atoms with Crippen LogP contribution >= 0.6 is 0 Å². The fourth-order valence-electron chi connectivity index (χ4n) is 2.48. The molecule has 0 fully saturated rings. The Morgan fingerprint density at radius 2 is 1.92 bits per heavy atom. The van der Waals surface area contributed by atoms with E-state index >= 15 is 0 Å². The molecule has 0 saturated heterocycles. The molecule has 5 heteroatoms. The van der Waals surface area contributed by atoms with Crippen molar-refractivity contribution in [2.24, 2.45) is 0 Å². The van der Waals surface area contributed by atoms with E-state index in [2.05, 4.69) is 4.98 Å². The molecule has 1 aromatic heterocycles. The van der Waals surface area contributed by atoms with Crippen LogP contribution in [0, 0.1) is 0 Å². The molecule has 3 rings (SSSR count). The van der Waals surface area contributed by atoms with Crippen molar-refractivity contribution in [2.45, 2.75) is 13.0 Å². The molecule has 0 aliphatic rings. The topological polar surface area (TPSA) is 51.7 Å². The first-order chi connectivity index (χ1) is 12.2. The van der Waals surface area contributed by atoms with Crippen LogP contribution in [0.2, 0.25) is 0 Å². The third kappa shape index (κ3) is 4.33. The highest BCUT2D eigenvalue weighted by molar-refractivity contribution is 5.78. The number of amides is 1. The van der Waals surface area contributed by atoms with Crippen molar-refractivity contribution in [1.29, 1.82) is 0 Å². The smallest absolute Gasteiger partial charge is 0.250 e. The van der Waals surface area contributed by atoms with Crippen LogP contribution in [-0.2, 0) is 22.7 Å². The second kappa shape index (κ2) is 7.77. The lowest BCUT2D eigenvalue weighted by molar-refractivity contribution is -0.167. The van der Waals surface area contributed by atoms with Gasteiger partial charge in [0, 0.05) is 12.4 Å². The second-order valence-electron chi connectivity index (χ2n) is 5.68. The second-order valence-corrected chi connectivity index (χ2v) is 5.68. The van der Waals surface area contributed by atoms with Gasteiger partial charge in [0.2, 0.25) is 5.91 Å². The van der Waals surface area contributed by atoms with Crippen molar-refractivity contribution in [1.82, 2.24) is 10.0 Å². The van der Waals surface area contributed by atoms with Crippen LogP contribution in [-0.4, -0.2) is 30.1 Å². The summed E-state index contributed by atoms with van der Waals surface area (Å²) in [5, 5.41) is 2.32. The molecule has 0 bridgehead atoms. The minimum absolute atomic E-state index is 0.115. The van der Waals surface area contributed by atoms with E-state index in [0.717, 1.165) is 22.2 Å². The van der Waals surface area contributed by atoms with E-state index < -0.39 is 0 Å². The number of carbonyl (C=O) groups is 1. The summed E-state index contributed by atoms with van der Waals surface area (Å²) in [7, 11) is 3.06. The monoisotopic (exact) mass is 336 g/mol. The fraction of sp³-hybridized carbons (Fsp3) is 0.200. The summed E-state index contributed by atoms with van der Waals surface area (Å²) in [4.78, 5) is 21.4. The predicted molar refractivity (Wildman–Crippen MR) is 96.0 cm³/mol. The highest BCUT2D eigenvalue weighted by atomic mass is 16.7. The average Bonchev–Trinajstić information content (AvgIpc) is 2.65. The van der Waals surface area contributed by atoms with Crippen molar-refractivity contribution in [3.8, 4) is 5.75 Å². The number of para-hydroxylation sites is 1. The maximum Gasteiger partial charge on any atom is 0.250 e. The van der Waals surface area contributed by atoms with E-state index in [0.29, 0.717) is 12.4 Å². The standard InChI is InChI=1S/C20H20N2O3/c1-22(24-2)20(23)13-15-6-5-8-18(12-15)25-14-17-11-10-16-7-3-4-9-19(16)21-17/h3-12H,13-14H2,1-2H3. The number of carbonyl (C=O) groups excluding carboxylic acids is 1. The lowest BCUT2D eigenvalue weighted by Crippen LogP contribution is -2.26. The zero-order valence-corrected chi connectivity index (χ0v) is 14.3. The molecule has 0 saturated carbocycles. The van der Waals surface area contributed by atoms with Crippen LogP contribution in [0.15, 0.2) is 60.7 Å². The van der Waals surface area contributed by atoms with Gasteiger partial charge in [-0.2, -0.15) is 0 Å². The van der Waals surface area contributed by atoms with Crippen LogP contribution in [0.4, 0.5) is 0 Å². The maximum atomic E-state index is 11.9. The highest BCUT2D eigenvalue weighted by Gasteiger charge is 2.09. The zero-order chi connectivity index (χ0) is 17.6. The van der Waals surface area contributed by atoms with Crippen LogP contribution in [0.1, 0.15) is 11.3 Å². The molecule has 5 nitrogen and oxygen atoms in total. The number of hydrogen-bond donors (Lipinski definition) is 0. The quantitative estimate of drug-likeness (QED) is 0.648. The minimum Gasteiger partial charge on any atom is -0.487 e. The molecule has 1 heterocycles. The Kier molecular flexibility index (Phi) is 5.26. The fourth-order valence-corrected chi connectivity index (χ4v) is 2.48. The van der Waals surface area contributed by atoms with Gasteiger partial charge in [-0.3, -0.25) is 9.63 Å². The molecule has 1 amide bonds. The first kappa shape index (κ1) is 16.9. The summed E-state index contributed by atoms with van der Waals surface area (Å²) in [6, 6.07) is 19.5. The third-order valence-electron chi connectivity index (χ3n) is 3.92. The van der Waals surface area contributed by atoms with Gasteiger partial charge in [0.25, 0.3) is 0 Å². The molecule has 0 spiro atoms. The minimum atomic E-state index is -0.115. The van der Waals surface area contributed by atoms with Crippen molar-refractivity contribution in [3.63, 3.8) is 0 Å². The van der Waals surface area contributed by atoms with E-state index in [9.17, 15) is 4.79 Å². The summed E-state index contributed by atoms with van der Waals surface area (Å²) in [5.41, 5.74) is 2.68. The molecule has 0 radical (unpaired) electrons. The van der Waals surface area contributed by atoms with Gasteiger partial charge >= 0.3 is 0 Å². The van der Waals surface area contributed by atoms with E-state index in [-0.39, 0.29) is 12.3 Å². The number of aromatic nitrogens is 1. The zero-order valence-electron chi connectivity index (χ0n) is 14.3. The van der Waals surface area contributed by atoms with Gasteiger partial charge in [-0.25, -0.2) is 10.0 Å². The summed E-state index contributed by atoms with van der Waals surface area (Å²) < 4.78 is 5.83. The van der Waals surface area contributed by atoms with Crippen LogP contribution < -0.4 is 4.74 Å². The van der Waals surface area contributed by atoms with Gasteiger partial charge in [0.1, 0.15) is 12.4 Å². The molecule has 2 aromatic carbocycles. The number of nitrogens with zero attached hydrogens (tertiary/aromatic N) is 2. The van der Waals surface area contributed by atoms with Crippen molar-refractivity contribution >= 4 is 16.8 Å². The lowest BCUT2D eigenvalue weighted by atomic mass is 10.1. The van der Waals surface area contributed by atoms with Crippen molar-refractivity contribution in [2.75, 3.05) is 14.2 Å². The number of hydroxylamine groups is 2. The van der Waals surface area contributed by atoms with Crippen molar-refractivity contribution in [3.05, 3.63) is 71.9 Å². The Balaban J connectivity index is 1.66. The molecule has 0 aliphatic heterocycles. The molecule has 128 valence electrons. The molecule has 25 heavy (non-hydrogen) atoms. The number of rotatable bonds is 6. The number of likely N-dealkylation sites (N-methyl/N-ethyl adjacent to an activating group) is 1. The number of benzene rings is 2. The number of ether oxygens (including phenoxy) is 1. The normalized spacial score (nSPS) is 10.6. The molecular weight excluding hydrogens is 316 g/mol. The van der Waals surface area contributed by atoms with Crippen LogP contribution in [0.25, 0.3) is 10.9 Å². The SMILES string of the molecule is CON(C)C(=O)Cc1cccc(OCc2ccc3ccccc3n2)c1. The molecule has 0 atom stereocenters. The van der Waals surface area contributed by atoms with Gasteiger partial charge in [0.05, 0.1) is 24.7 Å². The van der Waals surface area contributed by atoms with Gasteiger partial charge in [-0.15, -0.1) is 0 Å². The Labute approximate surface area is 146 Å². The predicted octanol–water partition coefficient (Wildman–Crippen LogP) is 3.38. The Morgan fingerprint density at radius 1 is 1.08 bits per heavy atom. The summed E-state index contributed by atoms with van der Waals surface area (Å²) in [6.07, 6.45) is 0.260. The summed E-state index contributed by atoms with van der Waals surface area (Å²) in [5.74, 6) is 0.594. The van der Waals surface area contributed by atoms with Crippen molar-refractivity contribution < 1.29 is 14.4 Å². The summed E-state index contributed by atoms with van der Waals surface area (Å²) >= 11 is 0. The molecular formula is C20H20N2O3. The first-order valence-electron chi connectivity index (χ1n) is 8.03. The molecule has 0 aliphatic carbocycles. The highest BCUT2D eigenvalue weighted by Crippen LogP contribution is 2.17. The number of hydrogen-bond acceptors (Lipinski definition) is 4. The summed E-state index contributed by atoms with van der Waals surface area (Å²) in [6.45, 7) is 0.375. The van der Waals surface area contributed by atoms with E-state index in [1.807, 2.05) is 60.7 Å². The number of pyridine rings is 1. The van der Waals surface area contributed by atoms with E-state index in [4.69, 9.17) is 9.57 Å². The van der Waals surface area contributed by atoms with Crippen LogP contribution in [0.5, 0.6) is 5.75 Å². The van der Waals surface area contributed by atoms with Gasteiger partial charge in [-0.1, -0.05) is 36.4 Å². The van der Waals surface area contributed by atoms with Gasteiger partial charge in [0.15, 0.2) is 0 Å². The molecule has 0 unspecified atom stereocenters. The van der Waals surface area contributed by atoms with E-state index in [1.165, 1.54) is 12.2 Å². The Bertz CT molecular complexity index is 879. The van der Waals surface area contributed by atoms with E-state index in [1.54, 1.807) is 7.05 Å². The maximum absolute atomic E-state index is 11.9. The van der Waals surface area contributed by atoms with Gasteiger partial charge < -0.3 is 4.74 Å². The first-order valence-corrected chi connectivity index (χ1v) is 8.03. The Morgan fingerprint density at radius 3 is 2.76 bits per heavy atom. The van der Waals surface area contributed by atoms with Gasteiger partial charge in [-0.05, 0) is 29.8 Å². The molecule has 0 N–H and O–H groups in total. The Hall–Kier alpha value is -2.92. The average molecular weight is 336 g/mol. The lowest BCUT2D eigenvalue weighted by Gasteiger charge is -2.14. The van der Waals surface area contributed by atoms with Crippen LogP contribution in [0.3, 0.4) is 0 Å².